The molecule has 0 unspecified atom stereocenters. The molecule has 2 aromatic heterocycles. The first-order valence-electron chi connectivity index (χ1n) is 10.8. The van der Waals surface area contributed by atoms with E-state index in [0.717, 1.165) is 12.3 Å². The van der Waals surface area contributed by atoms with Gasteiger partial charge in [-0.15, -0.1) is 10.2 Å². The monoisotopic (exact) mass is 547 g/mol. The maximum Gasteiger partial charge on any atom is 0.269 e. The van der Waals surface area contributed by atoms with E-state index in [4.69, 9.17) is 16.9 Å². The molecular weight excluding hydrogens is 530 g/mol. The summed E-state index contributed by atoms with van der Waals surface area (Å²) in [7, 11) is -3.44. The lowest BCUT2D eigenvalue weighted by Crippen LogP contribution is -2.40. The largest absolute Gasteiger partial charge is 0.273 e. The van der Waals surface area contributed by atoms with Crippen LogP contribution in [0.3, 0.4) is 0 Å². The van der Waals surface area contributed by atoms with Crippen molar-refractivity contribution in [2.75, 3.05) is 6.26 Å². The van der Waals surface area contributed by atoms with E-state index in [9.17, 15) is 18.0 Å². The Bertz CT molecular complexity index is 1690. The normalized spacial score (nSPS) is 11.2. The number of rotatable bonds is 6. The summed E-state index contributed by atoms with van der Waals surface area (Å²) in [5.41, 5.74) is 6.02. The number of nitrogens with one attached hydrogen (secondary N) is 2. The zero-order valence-corrected chi connectivity index (χ0v) is 21.2. The molecule has 2 amide bonds. The molecule has 0 radical (unpaired) electrons. The van der Waals surface area contributed by atoms with E-state index in [1.54, 1.807) is 28.8 Å². The second-order valence-corrected chi connectivity index (χ2v) is 10.2. The zero-order valence-electron chi connectivity index (χ0n) is 19.7. The highest BCUT2D eigenvalue weighted by molar-refractivity contribution is 7.90. The molecule has 0 saturated heterocycles. The van der Waals surface area contributed by atoms with Crippen molar-refractivity contribution in [1.82, 2.24) is 30.6 Å². The van der Waals surface area contributed by atoms with Gasteiger partial charge in [0, 0.05) is 24.1 Å². The first-order chi connectivity index (χ1) is 18.2. The average molecular weight is 548 g/mol. The van der Waals surface area contributed by atoms with Crippen LogP contribution in [0.4, 0.5) is 0 Å². The summed E-state index contributed by atoms with van der Waals surface area (Å²) >= 11 is 6.41. The first kappa shape index (κ1) is 26.2. The summed E-state index contributed by atoms with van der Waals surface area (Å²) < 4.78 is 25.1. The number of hydrogen-bond donors (Lipinski definition) is 2. The highest BCUT2D eigenvalue weighted by Crippen LogP contribution is 2.27. The fraction of sp³-hybridized carbons (Fsp3) is 0.0400. The van der Waals surface area contributed by atoms with Crippen molar-refractivity contribution in [3.05, 3.63) is 94.9 Å². The summed E-state index contributed by atoms with van der Waals surface area (Å²) in [6.45, 7) is 0. The topological polar surface area (TPSA) is 160 Å². The van der Waals surface area contributed by atoms with Gasteiger partial charge in [0.1, 0.15) is 5.69 Å². The Morgan fingerprint density at radius 3 is 2.39 bits per heavy atom. The lowest BCUT2D eigenvalue weighted by Gasteiger charge is -2.10. The van der Waals surface area contributed by atoms with Crippen LogP contribution in [-0.4, -0.2) is 46.2 Å². The van der Waals surface area contributed by atoms with E-state index in [1.807, 2.05) is 6.07 Å². The highest BCUT2D eigenvalue weighted by Gasteiger charge is 2.18. The number of carbonyl (C=O) groups is 2. The Hall–Kier alpha value is -4.86. The van der Waals surface area contributed by atoms with Gasteiger partial charge in [0.25, 0.3) is 11.8 Å². The van der Waals surface area contributed by atoms with Gasteiger partial charge in [-0.25, -0.2) is 8.42 Å². The Morgan fingerprint density at radius 1 is 1.03 bits per heavy atom. The third kappa shape index (κ3) is 5.92. The number of carbonyl (C=O) groups excluding carboxylic acids is 2. The van der Waals surface area contributed by atoms with Crippen molar-refractivity contribution in [2.45, 2.75) is 4.90 Å². The molecule has 0 aliphatic heterocycles. The summed E-state index contributed by atoms with van der Waals surface area (Å²) in [5.74, 6) is -0.748. The Kier molecular flexibility index (Phi) is 7.61. The van der Waals surface area contributed by atoms with Crippen molar-refractivity contribution in [1.29, 1.82) is 5.26 Å². The van der Waals surface area contributed by atoms with Crippen molar-refractivity contribution in [3.8, 4) is 23.3 Å². The minimum absolute atomic E-state index is 0.0462. The minimum Gasteiger partial charge on any atom is -0.273 e. The van der Waals surface area contributed by atoms with Crippen LogP contribution < -0.4 is 10.9 Å². The fourth-order valence-electron chi connectivity index (χ4n) is 3.25. The summed E-state index contributed by atoms with van der Waals surface area (Å²) in [6, 6.07) is 17.6. The number of nitriles is 1. The van der Waals surface area contributed by atoms with Gasteiger partial charge in [0.05, 0.1) is 27.2 Å². The lowest BCUT2D eigenvalue weighted by molar-refractivity contribution is -0.117. The van der Waals surface area contributed by atoms with E-state index >= 15 is 0 Å². The van der Waals surface area contributed by atoms with Gasteiger partial charge in [0.2, 0.25) is 0 Å². The average Bonchev–Trinajstić information content (AvgIpc) is 3.34. The lowest BCUT2D eigenvalue weighted by atomic mass is 10.1. The molecule has 4 rings (SSSR count). The van der Waals surface area contributed by atoms with E-state index in [0.29, 0.717) is 22.0 Å². The SMILES string of the molecule is CS(=O)(=O)c1ccc(-c2nnc(/C=C/C(=O)NNC(=O)c3ccc(C#N)cc3)n2-c2ccccc2Cl)nc1. The standard InChI is InChI=1S/C25H18ClN7O4S/c1-38(36,37)18-10-11-20(28-15-18)24-31-29-22(33(24)21-5-3-2-4-19(21)26)12-13-23(34)30-32-25(35)17-8-6-16(14-27)7-9-17/h2-13,15H,1H3,(H,30,34)(H,32,35)/b13-12+. The predicted octanol–water partition coefficient (Wildman–Crippen LogP) is 2.73. The molecule has 2 N–H and O–H groups in total. The molecule has 0 fully saturated rings. The molecule has 0 aliphatic rings. The van der Waals surface area contributed by atoms with Crippen molar-refractivity contribution < 1.29 is 18.0 Å². The second kappa shape index (κ2) is 11.0. The van der Waals surface area contributed by atoms with Gasteiger partial charge in [-0.2, -0.15) is 5.26 Å². The predicted molar refractivity (Wildman–Crippen MR) is 139 cm³/mol. The maximum absolute atomic E-state index is 12.4. The molecule has 4 aromatic rings. The number of aromatic nitrogens is 4. The molecule has 0 bridgehead atoms. The number of halogens is 1. The van der Waals surface area contributed by atoms with E-state index in [-0.39, 0.29) is 22.1 Å². The van der Waals surface area contributed by atoms with Gasteiger partial charge in [-0.1, -0.05) is 23.7 Å². The number of hydrazine groups is 1. The smallest absolute Gasteiger partial charge is 0.269 e. The van der Waals surface area contributed by atoms with Crippen LogP contribution in [0.25, 0.3) is 23.3 Å². The van der Waals surface area contributed by atoms with E-state index < -0.39 is 21.7 Å². The van der Waals surface area contributed by atoms with Crippen LogP contribution in [0.15, 0.2) is 77.8 Å². The molecule has 2 heterocycles. The number of pyridine rings is 1. The third-order valence-corrected chi connectivity index (χ3v) is 6.55. The molecule has 38 heavy (non-hydrogen) atoms. The Labute approximate surface area is 222 Å². The van der Waals surface area contributed by atoms with Crippen molar-refractivity contribution in [3.63, 3.8) is 0 Å². The molecule has 11 nitrogen and oxygen atoms in total. The van der Waals surface area contributed by atoms with Crippen molar-refractivity contribution >= 4 is 39.3 Å². The van der Waals surface area contributed by atoms with Gasteiger partial charge in [-0.05, 0) is 54.6 Å². The number of benzene rings is 2. The molecule has 2 aromatic carbocycles. The van der Waals surface area contributed by atoms with Crippen LogP contribution >= 0.6 is 11.6 Å². The summed E-state index contributed by atoms with van der Waals surface area (Å²) in [6.07, 6.45) is 4.81. The van der Waals surface area contributed by atoms with Crippen LogP contribution in [-0.2, 0) is 14.6 Å². The van der Waals surface area contributed by atoms with Crippen LogP contribution in [0.1, 0.15) is 21.7 Å². The number of para-hydroxylation sites is 1. The zero-order chi connectivity index (χ0) is 27.3. The molecular formula is C25H18ClN7O4S. The third-order valence-electron chi connectivity index (χ3n) is 5.13. The van der Waals surface area contributed by atoms with Gasteiger partial charge < -0.3 is 0 Å². The number of nitrogens with zero attached hydrogens (tertiary/aromatic N) is 5. The van der Waals surface area contributed by atoms with Gasteiger partial charge in [0.15, 0.2) is 21.5 Å². The Morgan fingerprint density at radius 2 is 1.76 bits per heavy atom. The van der Waals surface area contributed by atoms with Crippen LogP contribution in [0, 0.1) is 11.3 Å². The molecule has 0 atom stereocenters. The molecule has 13 heteroatoms. The van der Waals surface area contributed by atoms with Gasteiger partial charge >= 0.3 is 0 Å². The van der Waals surface area contributed by atoms with Crippen LogP contribution in [0.5, 0.6) is 0 Å². The molecule has 190 valence electrons. The summed E-state index contributed by atoms with van der Waals surface area (Å²) in [5, 5.41) is 17.5. The molecule has 0 spiro atoms. The van der Waals surface area contributed by atoms with E-state index in [1.165, 1.54) is 48.7 Å². The quantitative estimate of drug-likeness (QED) is 0.275. The van der Waals surface area contributed by atoms with Gasteiger partial charge in [-0.3, -0.25) is 30.0 Å². The summed E-state index contributed by atoms with van der Waals surface area (Å²) in [4.78, 5) is 28.9. The minimum atomic E-state index is -3.44. The number of hydrogen-bond acceptors (Lipinski definition) is 8. The Balaban J connectivity index is 1.58. The second-order valence-electron chi connectivity index (χ2n) is 7.79. The molecule has 0 saturated carbocycles. The van der Waals surface area contributed by atoms with Crippen molar-refractivity contribution in [2.24, 2.45) is 0 Å². The number of sulfone groups is 1. The fourth-order valence-corrected chi connectivity index (χ4v) is 4.03. The first-order valence-corrected chi connectivity index (χ1v) is 13.1. The number of amides is 2. The van der Waals surface area contributed by atoms with E-state index in [2.05, 4.69) is 26.0 Å². The highest BCUT2D eigenvalue weighted by atomic mass is 35.5. The molecule has 0 aliphatic carbocycles. The van der Waals surface area contributed by atoms with Crippen LogP contribution in [0.2, 0.25) is 5.02 Å². The maximum atomic E-state index is 12.4.